The van der Waals surface area contributed by atoms with E-state index in [4.69, 9.17) is 0 Å². The zero-order valence-electron chi connectivity index (χ0n) is 12.7. The molecule has 0 amide bonds. The van der Waals surface area contributed by atoms with E-state index in [-0.39, 0.29) is 16.8 Å². The van der Waals surface area contributed by atoms with Gasteiger partial charge in [0.05, 0.1) is 11.2 Å². The van der Waals surface area contributed by atoms with Crippen LogP contribution in [0.25, 0.3) is 10.9 Å². The van der Waals surface area contributed by atoms with Gasteiger partial charge in [-0.3, -0.25) is 19.1 Å². The van der Waals surface area contributed by atoms with Crippen molar-refractivity contribution < 1.29 is 22.6 Å². The predicted octanol–water partition coefficient (Wildman–Crippen LogP) is 2.64. The molecule has 0 saturated heterocycles. The molecule has 1 aromatic heterocycles. The summed E-state index contributed by atoms with van der Waals surface area (Å²) in [5.74, 6) is -2.42. The highest BCUT2D eigenvalue weighted by Gasteiger charge is 2.42. The molecule has 2 aromatic carbocycles. The topological polar surface area (TPSA) is 101 Å². The number of ketones is 2. The maximum absolute atomic E-state index is 12.7. The summed E-state index contributed by atoms with van der Waals surface area (Å²) in [5, 5.41) is 0.481. The molecule has 4 rings (SSSR count). The Morgan fingerprint density at radius 1 is 0.880 bits per heavy atom. The summed E-state index contributed by atoms with van der Waals surface area (Å²) in [7, 11) is -4.66. The van der Waals surface area contributed by atoms with Crippen LogP contribution in [0.3, 0.4) is 0 Å². The zero-order valence-corrected chi connectivity index (χ0v) is 13.5. The molecule has 0 radical (unpaired) electrons. The van der Waals surface area contributed by atoms with Gasteiger partial charge >= 0.3 is 0 Å². The summed E-state index contributed by atoms with van der Waals surface area (Å²) >= 11 is 0. The van der Waals surface area contributed by atoms with Crippen LogP contribution in [0.15, 0.2) is 59.5 Å². The molecular weight excluding hydrogens is 342 g/mol. The van der Waals surface area contributed by atoms with Crippen LogP contribution in [0.1, 0.15) is 32.3 Å². The highest BCUT2D eigenvalue weighted by molar-refractivity contribution is 7.85. The second-order valence-corrected chi connectivity index (χ2v) is 7.14. The first-order chi connectivity index (χ1) is 11.9. The lowest BCUT2D eigenvalue weighted by atomic mass is 9.98. The standard InChI is InChI=1S/C18H11NO5S/c20-17-11-6-2-3-7-12(11)18(21)15(17)16-14(25(22,23)24)9-10-5-1-4-8-13(10)19-16/h1-9,15H,(H,22,23,24). The monoisotopic (exact) mass is 353 g/mol. The number of carbonyl (C=O) groups is 2. The second-order valence-electron chi connectivity index (χ2n) is 5.75. The van der Waals surface area contributed by atoms with Crippen molar-refractivity contribution in [2.45, 2.75) is 10.8 Å². The van der Waals surface area contributed by atoms with Gasteiger partial charge in [-0.1, -0.05) is 42.5 Å². The van der Waals surface area contributed by atoms with Gasteiger partial charge in [-0.25, -0.2) is 0 Å². The smallest absolute Gasteiger partial charge is 0.293 e. The molecule has 0 saturated carbocycles. The van der Waals surface area contributed by atoms with Crippen LogP contribution < -0.4 is 0 Å². The SMILES string of the molecule is O=C1c2ccccc2C(=O)C1c1nc2ccccc2cc1S(=O)(=O)O. The van der Waals surface area contributed by atoms with Crippen LogP contribution in [-0.2, 0) is 10.1 Å². The van der Waals surface area contributed by atoms with E-state index in [1.165, 1.54) is 18.2 Å². The molecule has 0 atom stereocenters. The van der Waals surface area contributed by atoms with Gasteiger partial charge in [0.1, 0.15) is 10.8 Å². The fourth-order valence-corrected chi connectivity index (χ4v) is 3.82. The van der Waals surface area contributed by atoms with E-state index >= 15 is 0 Å². The first-order valence-electron chi connectivity index (χ1n) is 7.42. The van der Waals surface area contributed by atoms with E-state index in [2.05, 4.69) is 4.98 Å². The van der Waals surface area contributed by atoms with Crippen LogP contribution >= 0.6 is 0 Å². The molecule has 1 N–H and O–H groups in total. The molecule has 124 valence electrons. The molecular formula is C18H11NO5S. The van der Waals surface area contributed by atoms with Gasteiger partial charge in [0.25, 0.3) is 10.1 Å². The Kier molecular flexibility index (Phi) is 3.31. The lowest BCUT2D eigenvalue weighted by Gasteiger charge is -2.12. The maximum atomic E-state index is 12.7. The number of fused-ring (bicyclic) bond motifs is 2. The van der Waals surface area contributed by atoms with Crippen molar-refractivity contribution in [3.05, 3.63) is 71.4 Å². The minimum absolute atomic E-state index is 0.230. The average molecular weight is 353 g/mol. The Bertz CT molecular complexity index is 1130. The first-order valence-corrected chi connectivity index (χ1v) is 8.86. The van der Waals surface area contributed by atoms with Gasteiger partial charge in [-0.2, -0.15) is 8.42 Å². The molecule has 7 heteroatoms. The Morgan fingerprint density at radius 3 is 2.04 bits per heavy atom. The number of nitrogens with zero attached hydrogens (tertiary/aromatic N) is 1. The third kappa shape index (κ3) is 2.36. The molecule has 1 heterocycles. The van der Waals surface area contributed by atoms with Crippen molar-refractivity contribution in [3.63, 3.8) is 0 Å². The van der Waals surface area contributed by atoms with E-state index in [1.807, 2.05) is 0 Å². The number of para-hydroxylation sites is 1. The van der Waals surface area contributed by atoms with Crippen LogP contribution in [-0.4, -0.2) is 29.5 Å². The summed E-state index contributed by atoms with van der Waals surface area (Å²) in [4.78, 5) is 29.1. The molecule has 0 unspecified atom stereocenters. The van der Waals surface area contributed by atoms with Gasteiger partial charge in [-0.15, -0.1) is 0 Å². The summed E-state index contributed by atoms with van der Waals surface area (Å²) in [6, 6.07) is 14.2. The van der Waals surface area contributed by atoms with Crippen molar-refractivity contribution in [1.82, 2.24) is 4.98 Å². The van der Waals surface area contributed by atoms with Crippen LogP contribution in [0.4, 0.5) is 0 Å². The Hall–Kier alpha value is -2.90. The van der Waals surface area contributed by atoms with E-state index < -0.39 is 32.5 Å². The van der Waals surface area contributed by atoms with Crippen LogP contribution in [0, 0.1) is 0 Å². The molecule has 25 heavy (non-hydrogen) atoms. The molecule has 3 aromatic rings. The highest BCUT2D eigenvalue weighted by Crippen LogP contribution is 2.36. The third-order valence-electron chi connectivity index (χ3n) is 4.25. The molecule has 6 nitrogen and oxygen atoms in total. The van der Waals surface area contributed by atoms with Crippen LogP contribution in [0.5, 0.6) is 0 Å². The Labute approximate surface area is 142 Å². The predicted molar refractivity (Wildman–Crippen MR) is 89.4 cm³/mol. The normalized spacial score (nSPS) is 14.9. The quantitative estimate of drug-likeness (QED) is 0.561. The number of pyridine rings is 1. The minimum Gasteiger partial charge on any atom is -0.293 e. The largest absolute Gasteiger partial charge is 0.296 e. The van der Waals surface area contributed by atoms with Crippen LogP contribution in [0.2, 0.25) is 0 Å². The van der Waals surface area contributed by atoms with E-state index in [0.717, 1.165) is 0 Å². The van der Waals surface area contributed by atoms with Gasteiger partial charge < -0.3 is 0 Å². The van der Waals surface area contributed by atoms with Gasteiger partial charge in [-0.05, 0) is 12.1 Å². The number of Topliss-reactive ketones (excluding diaryl/α,β-unsaturated/α-hetero) is 2. The number of hydrogen-bond donors (Lipinski definition) is 1. The lowest BCUT2D eigenvalue weighted by molar-refractivity contribution is 0.0886. The highest BCUT2D eigenvalue weighted by atomic mass is 32.2. The molecule has 0 aliphatic heterocycles. The van der Waals surface area contributed by atoms with Crippen molar-refractivity contribution in [1.29, 1.82) is 0 Å². The zero-order chi connectivity index (χ0) is 17.8. The van der Waals surface area contributed by atoms with Crippen molar-refractivity contribution in [2.24, 2.45) is 0 Å². The molecule has 1 aliphatic carbocycles. The molecule has 0 bridgehead atoms. The molecule has 0 spiro atoms. The van der Waals surface area contributed by atoms with Gasteiger partial charge in [0.15, 0.2) is 11.6 Å². The van der Waals surface area contributed by atoms with Crippen molar-refractivity contribution in [2.75, 3.05) is 0 Å². The maximum Gasteiger partial charge on any atom is 0.296 e. The van der Waals surface area contributed by atoms with Gasteiger partial charge in [0.2, 0.25) is 0 Å². The molecule has 1 aliphatic rings. The number of benzene rings is 2. The van der Waals surface area contributed by atoms with E-state index in [1.54, 1.807) is 36.4 Å². The Balaban J connectivity index is 2.01. The summed E-state index contributed by atoms with van der Waals surface area (Å²) < 4.78 is 33.3. The fourth-order valence-electron chi connectivity index (χ4n) is 3.12. The number of carbonyl (C=O) groups excluding carboxylic acids is 2. The third-order valence-corrected chi connectivity index (χ3v) is 5.13. The summed E-state index contributed by atoms with van der Waals surface area (Å²) in [5.41, 5.74) is 0.649. The van der Waals surface area contributed by atoms with E-state index in [9.17, 15) is 22.6 Å². The number of rotatable bonds is 2. The summed E-state index contributed by atoms with van der Waals surface area (Å²) in [6.07, 6.45) is 0. The Morgan fingerprint density at radius 2 is 1.44 bits per heavy atom. The first kappa shape index (κ1) is 15.6. The minimum atomic E-state index is -4.66. The lowest BCUT2D eigenvalue weighted by Crippen LogP contribution is -2.18. The summed E-state index contributed by atoms with van der Waals surface area (Å²) in [6.45, 7) is 0. The number of hydrogen-bond acceptors (Lipinski definition) is 5. The van der Waals surface area contributed by atoms with Crippen molar-refractivity contribution >= 4 is 32.6 Å². The number of aromatic nitrogens is 1. The average Bonchev–Trinajstić information content (AvgIpc) is 2.84. The molecule has 0 fully saturated rings. The van der Waals surface area contributed by atoms with E-state index in [0.29, 0.717) is 10.9 Å². The van der Waals surface area contributed by atoms with Crippen molar-refractivity contribution in [3.8, 4) is 0 Å². The van der Waals surface area contributed by atoms with Gasteiger partial charge in [0, 0.05) is 16.5 Å². The fraction of sp³-hybridized carbons (Fsp3) is 0.0556. The second kappa shape index (κ2) is 5.30.